The molecule has 1 saturated carbocycles. The summed E-state index contributed by atoms with van der Waals surface area (Å²) in [5.74, 6) is -1.88. The summed E-state index contributed by atoms with van der Waals surface area (Å²) in [5, 5.41) is 11.7. The Bertz CT molecular complexity index is 531. The normalized spacial score (nSPS) is 21.9. The van der Waals surface area contributed by atoms with Gasteiger partial charge in [-0.15, -0.1) is 11.3 Å². The minimum atomic E-state index is -0.886. The van der Waals surface area contributed by atoms with Crippen LogP contribution < -0.4 is 0 Å². The van der Waals surface area contributed by atoms with E-state index in [1.807, 2.05) is 19.2 Å². The number of amides is 1. The van der Waals surface area contributed by atoms with Crippen LogP contribution in [-0.2, 0) is 20.9 Å². The molecular weight excluding hydrogens is 292 g/mol. The van der Waals surface area contributed by atoms with Crippen molar-refractivity contribution < 1.29 is 19.4 Å². The van der Waals surface area contributed by atoms with Gasteiger partial charge in [0.2, 0.25) is 5.91 Å². The fraction of sp³-hybridized carbons (Fsp3) is 0.643. The number of nitrogens with zero attached hydrogens (tertiary/aromatic N) is 2. The van der Waals surface area contributed by atoms with Gasteiger partial charge in [-0.2, -0.15) is 0 Å². The molecule has 2 rings (SSSR count). The van der Waals surface area contributed by atoms with Crippen LogP contribution in [0.5, 0.6) is 0 Å². The third-order valence-electron chi connectivity index (χ3n) is 3.53. The molecule has 21 heavy (non-hydrogen) atoms. The first kappa shape index (κ1) is 15.9. The lowest BCUT2D eigenvalue weighted by atomic mass is 10.3. The maximum Gasteiger partial charge on any atom is 0.307 e. The molecule has 0 radical (unpaired) electrons. The fourth-order valence-corrected chi connectivity index (χ4v) is 3.06. The molecule has 7 heteroatoms. The smallest absolute Gasteiger partial charge is 0.307 e. The van der Waals surface area contributed by atoms with E-state index in [1.54, 1.807) is 11.9 Å². The summed E-state index contributed by atoms with van der Waals surface area (Å²) in [6, 6.07) is 0. The van der Waals surface area contributed by atoms with E-state index in [9.17, 15) is 9.59 Å². The monoisotopic (exact) mass is 312 g/mol. The average molecular weight is 312 g/mol. The van der Waals surface area contributed by atoms with Crippen LogP contribution in [0.2, 0.25) is 0 Å². The summed E-state index contributed by atoms with van der Waals surface area (Å²) in [5.41, 5.74) is 0.810. The van der Waals surface area contributed by atoms with Gasteiger partial charge < -0.3 is 14.7 Å². The zero-order chi connectivity index (χ0) is 15.6. The minimum absolute atomic E-state index is 0.0467. The topological polar surface area (TPSA) is 79.7 Å². The maximum absolute atomic E-state index is 12.1. The minimum Gasteiger partial charge on any atom is -0.481 e. The number of rotatable bonds is 7. The lowest BCUT2D eigenvalue weighted by molar-refractivity contribution is -0.141. The highest BCUT2D eigenvalue weighted by atomic mass is 32.1. The molecule has 0 saturated heterocycles. The van der Waals surface area contributed by atoms with E-state index >= 15 is 0 Å². The Morgan fingerprint density at radius 2 is 2.29 bits per heavy atom. The van der Waals surface area contributed by atoms with E-state index in [1.165, 1.54) is 11.3 Å². The van der Waals surface area contributed by atoms with Crippen LogP contribution in [0.25, 0.3) is 0 Å². The molecule has 1 N–H and O–H groups in total. The summed E-state index contributed by atoms with van der Waals surface area (Å²) in [4.78, 5) is 28.9. The second kappa shape index (κ2) is 6.53. The molecule has 1 aliphatic carbocycles. The molecule has 1 amide bonds. The molecule has 0 bridgehead atoms. The summed E-state index contributed by atoms with van der Waals surface area (Å²) >= 11 is 1.51. The van der Waals surface area contributed by atoms with Crippen LogP contribution in [0, 0.1) is 11.8 Å². The molecular formula is C14H20N2O4S. The van der Waals surface area contributed by atoms with Gasteiger partial charge in [0, 0.05) is 19.0 Å². The Morgan fingerprint density at radius 3 is 2.86 bits per heavy atom. The number of aromatic nitrogens is 1. The zero-order valence-corrected chi connectivity index (χ0v) is 13.2. The van der Waals surface area contributed by atoms with E-state index in [0.717, 1.165) is 10.7 Å². The van der Waals surface area contributed by atoms with Crippen LogP contribution in [-0.4, -0.2) is 40.5 Å². The van der Waals surface area contributed by atoms with E-state index in [-0.39, 0.29) is 17.9 Å². The highest BCUT2D eigenvalue weighted by Crippen LogP contribution is 2.40. The second-order valence-electron chi connectivity index (χ2n) is 5.26. The number of carbonyl (C=O) groups is 2. The molecule has 0 aliphatic heterocycles. The second-order valence-corrected chi connectivity index (χ2v) is 6.15. The van der Waals surface area contributed by atoms with Crippen molar-refractivity contribution in [2.24, 2.45) is 11.8 Å². The first-order valence-electron chi connectivity index (χ1n) is 6.97. The van der Waals surface area contributed by atoms with Crippen LogP contribution in [0.3, 0.4) is 0 Å². The summed E-state index contributed by atoms with van der Waals surface area (Å²) < 4.78 is 5.48. The number of thiazole rings is 1. The van der Waals surface area contributed by atoms with Gasteiger partial charge in [0.05, 0.1) is 24.1 Å². The summed E-state index contributed by atoms with van der Waals surface area (Å²) in [6.45, 7) is 4.92. The number of ether oxygens (including phenoxy) is 1. The van der Waals surface area contributed by atoms with Crippen molar-refractivity contribution >= 4 is 23.2 Å². The number of aliphatic carboxylic acids is 1. The van der Waals surface area contributed by atoms with Crippen molar-refractivity contribution in [1.82, 2.24) is 9.88 Å². The van der Waals surface area contributed by atoms with Crippen LogP contribution in [0.1, 0.15) is 37.1 Å². The molecule has 3 atom stereocenters. The van der Waals surface area contributed by atoms with Crippen molar-refractivity contribution in [2.75, 3.05) is 13.7 Å². The molecule has 1 heterocycles. The first-order chi connectivity index (χ1) is 9.93. The van der Waals surface area contributed by atoms with E-state index in [4.69, 9.17) is 9.84 Å². The van der Waals surface area contributed by atoms with Crippen LogP contribution in [0.4, 0.5) is 0 Å². The Kier molecular flexibility index (Phi) is 4.95. The average Bonchev–Trinajstić information content (AvgIpc) is 3.11. The number of carbonyl (C=O) groups excluding carboxylic acids is 1. The van der Waals surface area contributed by atoms with Crippen molar-refractivity contribution in [3.63, 3.8) is 0 Å². The Hall–Kier alpha value is -1.47. The van der Waals surface area contributed by atoms with E-state index in [2.05, 4.69) is 4.98 Å². The predicted octanol–water partition coefficient (Wildman–Crippen LogP) is 1.92. The van der Waals surface area contributed by atoms with Gasteiger partial charge in [-0.1, -0.05) is 0 Å². The molecule has 1 aromatic rings. The number of carboxylic acid groups (broad SMARTS) is 1. The van der Waals surface area contributed by atoms with Gasteiger partial charge >= 0.3 is 5.97 Å². The largest absolute Gasteiger partial charge is 0.481 e. The standard InChI is InChI=1S/C14H20N2O4S/c1-4-20-8(2)12-15-9(7-21-12)6-16(3)13(17)10-5-11(10)14(18)19/h7-8,10-11H,4-6H2,1-3H3,(H,18,19)/t8-,10+,11-/m1/s1. The fourth-order valence-electron chi connectivity index (χ4n) is 2.25. The molecule has 0 aromatic carbocycles. The quantitative estimate of drug-likeness (QED) is 0.832. The Morgan fingerprint density at radius 1 is 1.57 bits per heavy atom. The lowest BCUT2D eigenvalue weighted by Gasteiger charge is -2.15. The number of hydrogen-bond acceptors (Lipinski definition) is 5. The van der Waals surface area contributed by atoms with E-state index < -0.39 is 11.9 Å². The molecule has 1 aromatic heterocycles. The van der Waals surface area contributed by atoms with Gasteiger partial charge in [0.25, 0.3) is 0 Å². The summed E-state index contributed by atoms with van der Waals surface area (Å²) in [7, 11) is 1.69. The van der Waals surface area contributed by atoms with Crippen molar-refractivity contribution in [2.45, 2.75) is 32.9 Å². The predicted molar refractivity (Wildman–Crippen MR) is 77.9 cm³/mol. The molecule has 1 aliphatic rings. The molecule has 0 spiro atoms. The first-order valence-corrected chi connectivity index (χ1v) is 7.85. The van der Waals surface area contributed by atoms with Crippen molar-refractivity contribution in [3.8, 4) is 0 Å². The number of carboxylic acids is 1. The molecule has 0 unspecified atom stereocenters. The highest BCUT2D eigenvalue weighted by molar-refractivity contribution is 7.09. The summed E-state index contributed by atoms with van der Waals surface area (Å²) in [6.07, 6.45) is 0.400. The van der Waals surface area contributed by atoms with Crippen molar-refractivity contribution in [1.29, 1.82) is 0 Å². The van der Waals surface area contributed by atoms with Crippen LogP contribution in [0.15, 0.2) is 5.38 Å². The van der Waals surface area contributed by atoms with E-state index in [0.29, 0.717) is 19.6 Å². The molecule has 1 fully saturated rings. The van der Waals surface area contributed by atoms with Gasteiger partial charge in [0.15, 0.2) is 0 Å². The maximum atomic E-state index is 12.1. The SMILES string of the molecule is CCO[C@H](C)c1nc(CN(C)C(=O)[C@H]2C[C@H]2C(=O)O)cs1. The molecule has 116 valence electrons. The highest BCUT2D eigenvalue weighted by Gasteiger charge is 2.49. The third kappa shape index (κ3) is 3.79. The van der Waals surface area contributed by atoms with Crippen molar-refractivity contribution in [3.05, 3.63) is 16.1 Å². The lowest BCUT2D eigenvalue weighted by Crippen LogP contribution is -2.29. The van der Waals surface area contributed by atoms with Gasteiger partial charge in [-0.05, 0) is 20.3 Å². The number of hydrogen-bond donors (Lipinski definition) is 1. The Balaban J connectivity index is 1.90. The zero-order valence-electron chi connectivity index (χ0n) is 12.4. The molecule has 6 nitrogen and oxygen atoms in total. The van der Waals surface area contributed by atoms with Crippen LogP contribution >= 0.6 is 11.3 Å². The van der Waals surface area contributed by atoms with Gasteiger partial charge in [-0.25, -0.2) is 4.98 Å². The van der Waals surface area contributed by atoms with Gasteiger partial charge in [-0.3, -0.25) is 9.59 Å². The van der Waals surface area contributed by atoms with Gasteiger partial charge in [0.1, 0.15) is 11.1 Å². The Labute approximate surface area is 127 Å². The third-order valence-corrected chi connectivity index (χ3v) is 4.59.